The van der Waals surface area contributed by atoms with Crippen molar-refractivity contribution in [1.82, 2.24) is 0 Å². The van der Waals surface area contributed by atoms with Crippen molar-refractivity contribution >= 4 is 34.1 Å². The molecule has 1 aliphatic carbocycles. The maximum absolute atomic E-state index is 11.9. The van der Waals surface area contributed by atoms with Gasteiger partial charge in [-0.05, 0) is 0 Å². The van der Waals surface area contributed by atoms with E-state index >= 15 is 0 Å². The zero-order valence-electron chi connectivity index (χ0n) is 12.2. The van der Waals surface area contributed by atoms with Crippen molar-refractivity contribution in [1.29, 1.82) is 0 Å². The SMILES string of the molecule is C=CC(=Bc1c(OC)ccc(C)c1C)SC(=O)C1CC1. The number of rotatable bonds is 5. The Morgan fingerprint density at radius 2 is 2.15 bits per heavy atom. The molecule has 0 aliphatic heterocycles. The molecule has 1 saturated carbocycles. The number of carbonyl (C=O) groups excluding carboxylic acids is 1. The Morgan fingerprint density at radius 3 is 2.70 bits per heavy atom. The first-order chi connectivity index (χ1) is 9.56. The molecule has 0 amide bonds. The molecule has 104 valence electrons. The molecular formula is C16H19BO2S. The number of hydrogen-bond donors (Lipinski definition) is 0. The van der Waals surface area contributed by atoms with E-state index in [1.54, 1.807) is 13.2 Å². The fraction of sp³-hybridized carbons (Fsp3) is 0.375. The van der Waals surface area contributed by atoms with Crippen LogP contribution in [-0.2, 0) is 4.79 Å². The first kappa shape index (κ1) is 15.1. The average Bonchev–Trinajstić information content (AvgIpc) is 3.27. The summed E-state index contributed by atoms with van der Waals surface area (Å²) in [5.41, 5.74) is 3.40. The quantitative estimate of drug-likeness (QED) is 0.778. The molecule has 2 rings (SSSR count). The van der Waals surface area contributed by atoms with Crippen LogP contribution >= 0.6 is 11.8 Å². The summed E-state index contributed by atoms with van der Waals surface area (Å²) < 4.78 is 5.42. The second kappa shape index (κ2) is 6.44. The molecule has 0 N–H and O–H groups in total. The molecule has 1 fully saturated rings. The zero-order valence-corrected chi connectivity index (χ0v) is 13.0. The topological polar surface area (TPSA) is 26.3 Å². The summed E-state index contributed by atoms with van der Waals surface area (Å²) in [5.74, 6) is 1.08. The van der Waals surface area contributed by atoms with Gasteiger partial charge in [0.2, 0.25) is 0 Å². The number of carbonyl (C=O) groups is 1. The van der Waals surface area contributed by atoms with Crippen molar-refractivity contribution in [3.63, 3.8) is 0 Å². The molecule has 0 radical (unpaired) electrons. The van der Waals surface area contributed by atoms with Gasteiger partial charge in [-0.15, -0.1) is 0 Å². The van der Waals surface area contributed by atoms with Gasteiger partial charge in [0.1, 0.15) is 0 Å². The average molecular weight is 286 g/mol. The van der Waals surface area contributed by atoms with Gasteiger partial charge in [-0.25, -0.2) is 0 Å². The van der Waals surface area contributed by atoms with Crippen LogP contribution in [0.2, 0.25) is 0 Å². The van der Waals surface area contributed by atoms with Crippen LogP contribution in [0.5, 0.6) is 5.75 Å². The summed E-state index contributed by atoms with van der Waals surface area (Å²) in [6, 6.07) is 4.00. The normalized spacial score (nSPS) is 14.7. The van der Waals surface area contributed by atoms with Crippen LogP contribution in [0.3, 0.4) is 0 Å². The minimum atomic E-state index is 0.250. The summed E-state index contributed by atoms with van der Waals surface area (Å²) in [6.07, 6.45) is 3.80. The summed E-state index contributed by atoms with van der Waals surface area (Å²) in [4.78, 5) is 12.8. The van der Waals surface area contributed by atoms with Gasteiger partial charge in [0.15, 0.2) is 0 Å². The van der Waals surface area contributed by atoms with E-state index in [9.17, 15) is 4.79 Å². The van der Waals surface area contributed by atoms with Crippen molar-refractivity contribution < 1.29 is 9.53 Å². The van der Waals surface area contributed by atoms with Crippen LogP contribution in [0.25, 0.3) is 0 Å². The number of hydrogen-bond acceptors (Lipinski definition) is 3. The van der Waals surface area contributed by atoms with Gasteiger partial charge in [0, 0.05) is 0 Å². The fourth-order valence-corrected chi connectivity index (χ4v) is 2.86. The molecule has 1 aromatic rings. The van der Waals surface area contributed by atoms with Crippen molar-refractivity contribution in [2.75, 3.05) is 7.11 Å². The molecule has 1 aromatic carbocycles. The van der Waals surface area contributed by atoms with E-state index in [2.05, 4.69) is 20.4 Å². The van der Waals surface area contributed by atoms with E-state index < -0.39 is 0 Å². The van der Waals surface area contributed by atoms with Crippen LogP contribution in [0.15, 0.2) is 24.8 Å². The Hall–Kier alpha value is -1.29. The molecule has 0 unspecified atom stereocenters. The number of aryl methyl sites for hydroxylation is 1. The van der Waals surface area contributed by atoms with Crippen LogP contribution in [-0.4, -0.2) is 23.9 Å². The number of methoxy groups -OCH3 is 1. The van der Waals surface area contributed by atoms with Gasteiger partial charge >= 0.3 is 125 Å². The molecule has 0 spiro atoms. The molecule has 0 aromatic heterocycles. The van der Waals surface area contributed by atoms with Crippen LogP contribution in [0.1, 0.15) is 24.0 Å². The number of benzene rings is 1. The van der Waals surface area contributed by atoms with Gasteiger partial charge in [-0.2, -0.15) is 0 Å². The Morgan fingerprint density at radius 1 is 1.45 bits per heavy atom. The van der Waals surface area contributed by atoms with Gasteiger partial charge in [0.25, 0.3) is 0 Å². The summed E-state index contributed by atoms with van der Waals surface area (Å²) in [5, 5.41) is 0.250. The predicted molar refractivity (Wildman–Crippen MR) is 88.4 cm³/mol. The predicted octanol–water partition coefficient (Wildman–Crippen LogP) is 2.63. The first-order valence-corrected chi connectivity index (χ1v) is 7.58. The molecule has 1 aliphatic rings. The van der Waals surface area contributed by atoms with E-state index in [-0.39, 0.29) is 11.0 Å². The van der Waals surface area contributed by atoms with E-state index in [4.69, 9.17) is 4.74 Å². The van der Waals surface area contributed by atoms with Crippen molar-refractivity contribution in [2.24, 2.45) is 5.92 Å². The third kappa shape index (κ3) is 3.43. The molecule has 20 heavy (non-hydrogen) atoms. The van der Waals surface area contributed by atoms with Crippen LogP contribution in [0.4, 0.5) is 0 Å². The first-order valence-electron chi connectivity index (χ1n) is 6.76. The minimum absolute atomic E-state index is 0.250. The van der Waals surface area contributed by atoms with E-state index in [1.807, 2.05) is 19.1 Å². The second-order valence-electron chi connectivity index (χ2n) is 5.07. The summed E-state index contributed by atoms with van der Waals surface area (Å²) in [6.45, 7) is 9.95. The molecule has 0 saturated heterocycles. The van der Waals surface area contributed by atoms with Crippen LogP contribution in [0, 0.1) is 19.8 Å². The standard InChI is InChI=1S/C16H19BO2S/c1-5-14(20-16(18)12-7-8-12)17-15-11(3)10(2)6-9-13(15)19-4/h5-6,9,12H,1,7-8H2,2-4H3. The summed E-state index contributed by atoms with van der Waals surface area (Å²) >= 11 is 1.29. The number of ether oxygens (including phenoxy) is 1. The van der Waals surface area contributed by atoms with Crippen molar-refractivity contribution in [3.8, 4) is 5.75 Å². The van der Waals surface area contributed by atoms with Gasteiger partial charge < -0.3 is 0 Å². The van der Waals surface area contributed by atoms with E-state index in [1.165, 1.54) is 22.9 Å². The molecule has 2 nitrogen and oxygen atoms in total. The molecule has 0 atom stereocenters. The zero-order chi connectivity index (χ0) is 14.7. The number of thioether (sulfide) groups is 1. The summed E-state index contributed by atoms with van der Waals surface area (Å²) in [7, 11) is 1.66. The monoisotopic (exact) mass is 286 g/mol. The third-order valence-corrected chi connectivity index (χ3v) is 4.64. The van der Waals surface area contributed by atoms with E-state index in [0.29, 0.717) is 0 Å². The molecule has 0 heterocycles. The van der Waals surface area contributed by atoms with Gasteiger partial charge in [-0.3, -0.25) is 0 Å². The molecular weight excluding hydrogens is 267 g/mol. The maximum atomic E-state index is 11.9. The molecule has 0 bridgehead atoms. The van der Waals surface area contributed by atoms with Gasteiger partial charge in [0.05, 0.1) is 0 Å². The second-order valence-corrected chi connectivity index (χ2v) is 6.15. The van der Waals surface area contributed by atoms with E-state index in [0.717, 1.165) is 28.8 Å². The Balaban J connectivity index is 2.32. The van der Waals surface area contributed by atoms with Crippen LogP contribution < -0.4 is 10.2 Å². The van der Waals surface area contributed by atoms with Crippen molar-refractivity contribution in [3.05, 3.63) is 35.9 Å². The molecule has 4 heteroatoms. The fourth-order valence-electron chi connectivity index (χ4n) is 1.96. The third-order valence-electron chi connectivity index (χ3n) is 3.58. The Kier molecular flexibility index (Phi) is 4.87. The Labute approximate surface area is 125 Å². The Bertz CT molecular complexity index is 574. The van der Waals surface area contributed by atoms with Crippen molar-refractivity contribution in [2.45, 2.75) is 26.7 Å². The van der Waals surface area contributed by atoms with Gasteiger partial charge in [-0.1, -0.05) is 0 Å².